The topological polar surface area (TPSA) is 49.6 Å². The molecular weight excluding hydrogens is 262 g/mol. The first-order valence-corrected chi connectivity index (χ1v) is 7.69. The first-order chi connectivity index (χ1) is 10.1. The number of fused-ring (bicyclic) bond motifs is 1. The minimum atomic E-state index is 0.182. The Hall–Kier alpha value is -1.81. The molecule has 1 heterocycles. The van der Waals surface area contributed by atoms with E-state index in [1.807, 2.05) is 24.1 Å². The lowest BCUT2D eigenvalue weighted by molar-refractivity contribution is -0.129. The molecule has 1 aliphatic carbocycles. The van der Waals surface area contributed by atoms with Crippen LogP contribution in [0, 0.1) is 0 Å². The van der Waals surface area contributed by atoms with Gasteiger partial charge in [-0.25, -0.2) is 0 Å². The Labute approximate surface area is 126 Å². The molecule has 2 aliphatic rings. The van der Waals surface area contributed by atoms with Gasteiger partial charge in [0.1, 0.15) is 0 Å². The third-order valence-corrected chi connectivity index (χ3v) is 4.57. The number of nitrogen functional groups attached to an aromatic ring is 1. The van der Waals surface area contributed by atoms with E-state index >= 15 is 0 Å². The number of hydrogen-bond donors (Lipinski definition) is 1. The van der Waals surface area contributed by atoms with Gasteiger partial charge in [0.25, 0.3) is 0 Å². The second kappa shape index (κ2) is 5.90. The van der Waals surface area contributed by atoms with Crippen LogP contribution in [0.1, 0.15) is 30.4 Å². The van der Waals surface area contributed by atoms with Gasteiger partial charge in [0.2, 0.25) is 5.91 Å². The monoisotopic (exact) mass is 285 g/mol. The van der Waals surface area contributed by atoms with Crippen molar-refractivity contribution in [3.8, 4) is 0 Å². The summed E-state index contributed by atoms with van der Waals surface area (Å²) in [6.07, 6.45) is 6.45. The van der Waals surface area contributed by atoms with Crippen molar-refractivity contribution in [2.24, 2.45) is 0 Å². The van der Waals surface area contributed by atoms with Gasteiger partial charge in [-0.15, -0.1) is 0 Å². The summed E-state index contributed by atoms with van der Waals surface area (Å²) in [5.41, 5.74) is 10.6. The lowest BCUT2D eigenvalue weighted by Crippen LogP contribution is -2.40. The standard InChI is InChI=1S/C17H23N3O/c1-19(14-6-2-3-7-14)17(21)12-20-10-9-13-5-4-8-16(18)15(13)11-20/h4-6,8H,2-3,7,9-12,18H2,1H3. The SMILES string of the molecule is CN(C(=O)CN1CCc2cccc(N)c2C1)C1=CCCC1. The summed E-state index contributed by atoms with van der Waals surface area (Å²) in [5, 5.41) is 0. The van der Waals surface area contributed by atoms with Crippen LogP contribution >= 0.6 is 0 Å². The average Bonchev–Trinajstić information content (AvgIpc) is 3.01. The van der Waals surface area contributed by atoms with Crippen LogP contribution in [0.3, 0.4) is 0 Å². The van der Waals surface area contributed by atoms with E-state index in [0.29, 0.717) is 6.54 Å². The van der Waals surface area contributed by atoms with Crippen LogP contribution in [0.2, 0.25) is 0 Å². The molecule has 2 N–H and O–H groups in total. The maximum atomic E-state index is 12.4. The Morgan fingerprint density at radius 1 is 1.38 bits per heavy atom. The van der Waals surface area contributed by atoms with Crippen molar-refractivity contribution >= 4 is 11.6 Å². The summed E-state index contributed by atoms with van der Waals surface area (Å²) < 4.78 is 0. The molecule has 0 unspecified atom stereocenters. The molecule has 1 aliphatic heterocycles. The number of rotatable bonds is 3. The predicted octanol–water partition coefficient (Wildman–Crippen LogP) is 2.15. The van der Waals surface area contributed by atoms with Crippen molar-refractivity contribution < 1.29 is 4.79 Å². The first kappa shape index (κ1) is 14.1. The van der Waals surface area contributed by atoms with E-state index in [-0.39, 0.29) is 5.91 Å². The van der Waals surface area contributed by atoms with Crippen molar-refractivity contribution in [3.63, 3.8) is 0 Å². The lowest BCUT2D eigenvalue weighted by atomic mass is 9.98. The van der Waals surface area contributed by atoms with E-state index < -0.39 is 0 Å². The molecule has 0 aromatic heterocycles. The third-order valence-electron chi connectivity index (χ3n) is 4.57. The molecule has 0 bridgehead atoms. The number of carbonyl (C=O) groups is 1. The van der Waals surface area contributed by atoms with Crippen LogP contribution in [0.25, 0.3) is 0 Å². The van der Waals surface area contributed by atoms with Gasteiger partial charge in [0, 0.05) is 31.5 Å². The minimum absolute atomic E-state index is 0.182. The molecule has 1 aromatic rings. The van der Waals surface area contributed by atoms with Crippen LogP contribution in [0.4, 0.5) is 5.69 Å². The second-order valence-electron chi connectivity index (χ2n) is 5.99. The molecule has 112 valence electrons. The molecule has 1 amide bonds. The van der Waals surface area contributed by atoms with Crippen molar-refractivity contribution in [1.29, 1.82) is 0 Å². The van der Waals surface area contributed by atoms with Gasteiger partial charge < -0.3 is 10.6 Å². The van der Waals surface area contributed by atoms with Crippen molar-refractivity contribution in [3.05, 3.63) is 41.1 Å². The number of likely N-dealkylation sites (N-methyl/N-ethyl adjacent to an activating group) is 1. The molecule has 3 rings (SSSR count). The Bertz CT molecular complexity index is 579. The van der Waals surface area contributed by atoms with Gasteiger partial charge in [0.05, 0.1) is 6.54 Å². The summed E-state index contributed by atoms with van der Waals surface area (Å²) in [6, 6.07) is 6.09. The number of nitrogens with two attached hydrogens (primary N) is 1. The van der Waals surface area contributed by atoms with E-state index in [1.165, 1.54) is 23.2 Å². The second-order valence-corrected chi connectivity index (χ2v) is 5.99. The summed E-state index contributed by atoms with van der Waals surface area (Å²) in [6.45, 7) is 2.18. The van der Waals surface area contributed by atoms with E-state index in [1.54, 1.807) is 0 Å². The Kier molecular flexibility index (Phi) is 3.97. The van der Waals surface area contributed by atoms with Crippen molar-refractivity contribution in [1.82, 2.24) is 9.80 Å². The number of carbonyl (C=O) groups excluding carboxylic acids is 1. The van der Waals surface area contributed by atoms with E-state index in [4.69, 9.17) is 5.73 Å². The van der Waals surface area contributed by atoms with Crippen molar-refractivity contribution in [2.75, 3.05) is 25.9 Å². The number of benzene rings is 1. The maximum absolute atomic E-state index is 12.4. The molecule has 0 spiro atoms. The molecule has 4 heteroatoms. The van der Waals surface area contributed by atoms with Crippen LogP contribution in [0.5, 0.6) is 0 Å². The number of nitrogens with zero attached hydrogens (tertiary/aromatic N) is 2. The first-order valence-electron chi connectivity index (χ1n) is 7.69. The molecule has 21 heavy (non-hydrogen) atoms. The highest BCUT2D eigenvalue weighted by atomic mass is 16.2. The summed E-state index contributed by atoms with van der Waals surface area (Å²) >= 11 is 0. The van der Waals surface area contributed by atoms with E-state index in [9.17, 15) is 4.79 Å². The zero-order valence-corrected chi connectivity index (χ0v) is 12.6. The Morgan fingerprint density at radius 3 is 3.00 bits per heavy atom. The van der Waals surface area contributed by atoms with Gasteiger partial charge in [-0.3, -0.25) is 9.69 Å². The van der Waals surface area contributed by atoms with Gasteiger partial charge in [-0.1, -0.05) is 18.2 Å². The molecule has 0 saturated carbocycles. The highest BCUT2D eigenvalue weighted by molar-refractivity contribution is 5.80. The van der Waals surface area contributed by atoms with Gasteiger partial charge in [0.15, 0.2) is 0 Å². The molecule has 1 aromatic carbocycles. The predicted molar refractivity (Wildman–Crippen MR) is 84.5 cm³/mol. The van der Waals surface area contributed by atoms with Gasteiger partial charge in [-0.2, -0.15) is 0 Å². The van der Waals surface area contributed by atoms with Crippen LogP contribution in [-0.2, 0) is 17.8 Å². The zero-order valence-electron chi connectivity index (χ0n) is 12.6. The lowest BCUT2D eigenvalue weighted by Gasteiger charge is -2.30. The fourth-order valence-electron chi connectivity index (χ4n) is 3.21. The number of allylic oxidation sites excluding steroid dienone is 2. The fraction of sp³-hybridized carbons (Fsp3) is 0.471. The fourth-order valence-corrected chi connectivity index (χ4v) is 3.21. The highest BCUT2D eigenvalue weighted by Crippen LogP contribution is 2.25. The normalized spacial score (nSPS) is 18.2. The smallest absolute Gasteiger partial charge is 0.240 e. The summed E-state index contributed by atoms with van der Waals surface area (Å²) in [7, 11) is 1.89. The quantitative estimate of drug-likeness (QED) is 0.866. The van der Waals surface area contributed by atoms with Crippen LogP contribution in [0.15, 0.2) is 30.0 Å². The molecule has 0 saturated heterocycles. The highest BCUT2D eigenvalue weighted by Gasteiger charge is 2.23. The summed E-state index contributed by atoms with van der Waals surface area (Å²) in [4.78, 5) is 16.4. The average molecular weight is 285 g/mol. The number of anilines is 1. The Balaban J connectivity index is 1.64. The van der Waals surface area contributed by atoms with Gasteiger partial charge >= 0.3 is 0 Å². The van der Waals surface area contributed by atoms with E-state index in [2.05, 4.69) is 17.0 Å². The van der Waals surface area contributed by atoms with Gasteiger partial charge in [-0.05, 0) is 42.9 Å². The number of amides is 1. The molecule has 0 radical (unpaired) electrons. The van der Waals surface area contributed by atoms with Crippen LogP contribution < -0.4 is 5.73 Å². The molecule has 0 atom stereocenters. The molecular formula is C17H23N3O. The van der Waals surface area contributed by atoms with Crippen LogP contribution in [-0.4, -0.2) is 35.8 Å². The minimum Gasteiger partial charge on any atom is -0.398 e. The molecule has 0 fully saturated rings. The largest absolute Gasteiger partial charge is 0.398 e. The Morgan fingerprint density at radius 2 is 2.24 bits per heavy atom. The third kappa shape index (κ3) is 2.95. The molecule has 4 nitrogen and oxygen atoms in total. The summed E-state index contributed by atoms with van der Waals surface area (Å²) in [5.74, 6) is 0.182. The maximum Gasteiger partial charge on any atom is 0.240 e. The van der Waals surface area contributed by atoms with E-state index in [0.717, 1.165) is 38.0 Å². The van der Waals surface area contributed by atoms with Crippen molar-refractivity contribution in [2.45, 2.75) is 32.2 Å². The number of hydrogen-bond acceptors (Lipinski definition) is 3. The zero-order chi connectivity index (χ0) is 14.8.